The molecule has 1 aromatic rings. The third-order valence-corrected chi connectivity index (χ3v) is 2.70. The van der Waals surface area contributed by atoms with Gasteiger partial charge < -0.3 is 19.3 Å². The van der Waals surface area contributed by atoms with Crippen LogP contribution in [0.4, 0.5) is 0 Å². The van der Waals surface area contributed by atoms with Crippen LogP contribution in [-0.2, 0) is 9.53 Å². The molecule has 0 saturated heterocycles. The quantitative estimate of drug-likeness (QED) is 0.693. The average Bonchev–Trinajstić information content (AvgIpc) is 2.44. The molecular formula is C14H21NO5. The summed E-state index contributed by atoms with van der Waals surface area (Å²) >= 11 is 0. The third kappa shape index (κ3) is 5.90. The molecule has 6 nitrogen and oxygen atoms in total. The Hall–Kier alpha value is -1.79. The number of para-hydroxylation sites is 2. The molecule has 0 atom stereocenters. The summed E-state index contributed by atoms with van der Waals surface area (Å²) in [5, 5.41) is 8.84. The smallest absolute Gasteiger partial charge is 0.317 e. The molecule has 1 aromatic carbocycles. The number of carbonyl (C=O) groups is 1. The van der Waals surface area contributed by atoms with Crippen molar-refractivity contribution < 1.29 is 24.1 Å². The van der Waals surface area contributed by atoms with E-state index in [9.17, 15) is 4.79 Å². The monoisotopic (exact) mass is 283 g/mol. The summed E-state index contributed by atoms with van der Waals surface area (Å²) in [6.07, 6.45) is 0. The van der Waals surface area contributed by atoms with Crippen molar-refractivity contribution in [3.63, 3.8) is 0 Å². The van der Waals surface area contributed by atoms with Gasteiger partial charge in [-0.05, 0) is 12.1 Å². The molecule has 0 aromatic heterocycles. The van der Waals surface area contributed by atoms with Crippen LogP contribution in [0.15, 0.2) is 24.3 Å². The molecule has 1 rings (SSSR count). The maximum absolute atomic E-state index is 10.8. The van der Waals surface area contributed by atoms with E-state index in [1.165, 1.54) is 0 Å². The van der Waals surface area contributed by atoms with E-state index in [2.05, 4.69) is 0 Å². The predicted octanol–water partition coefficient (Wildman–Crippen LogP) is 1.11. The van der Waals surface area contributed by atoms with Crippen molar-refractivity contribution >= 4 is 5.97 Å². The third-order valence-electron chi connectivity index (χ3n) is 2.70. The SMILES string of the molecule is COCCN(CCOc1ccccc1OC)CC(=O)O. The van der Waals surface area contributed by atoms with Crippen LogP contribution < -0.4 is 9.47 Å². The summed E-state index contributed by atoms with van der Waals surface area (Å²) in [5.41, 5.74) is 0. The molecule has 20 heavy (non-hydrogen) atoms. The first-order chi connectivity index (χ1) is 9.67. The number of rotatable bonds is 10. The molecule has 0 unspecified atom stereocenters. The second-order valence-electron chi connectivity index (χ2n) is 4.16. The van der Waals surface area contributed by atoms with E-state index in [4.69, 9.17) is 19.3 Å². The average molecular weight is 283 g/mol. The topological polar surface area (TPSA) is 68.2 Å². The lowest BCUT2D eigenvalue weighted by atomic mass is 10.3. The van der Waals surface area contributed by atoms with Crippen LogP contribution in [-0.4, -0.2) is 63.0 Å². The molecule has 112 valence electrons. The lowest BCUT2D eigenvalue weighted by Gasteiger charge is -2.20. The summed E-state index contributed by atoms with van der Waals surface area (Å²) in [6, 6.07) is 7.35. The minimum Gasteiger partial charge on any atom is -0.493 e. The molecule has 0 amide bonds. The van der Waals surface area contributed by atoms with E-state index >= 15 is 0 Å². The Morgan fingerprint density at radius 2 is 1.80 bits per heavy atom. The largest absolute Gasteiger partial charge is 0.493 e. The Balaban J connectivity index is 2.44. The highest BCUT2D eigenvalue weighted by molar-refractivity contribution is 5.69. The van der Waals surface area contributed by atoms with Gasteiger partial charge in [0.25, 0.3) is 0 Å². The van der Waals surface area contributed by atoms with Gasteiger partial charge in [-0.3, -0.25) is 9.69 Å². The van der Waals surface area contributed by atoms with E-state index in [1.54, 1.807) is 19.1 Å². The molecule has 0 fully saturated rings. The second-order valence-corrected chi connectivity index (χ2v) is 4.16. The molecule has 6 heteroatoms. The van der Waals surface area contributed by atoms with Crippen LogP contribution in [0.5, 0.6) is 11.5 Å². The van der Waals surface area contributed by atoms with E-state index in [0.717, 1.165) is 0 Å². The summed E-state index contributed by atoms with van der Waals surface area (Å²) in [4.78, 5) is 12.5. The number of nitrogens with zero attached hydrogens (tertiary/aromatic N) is 1. The van der Waals surface area contributed by atoms with Gasteiger partial charge in [-0.15, -0.1) is 0 Å². The molecule has 0 aliphatic rings. The van der Waals surface area contributed by atoms with E-state index in [-0.39, 0.29) is 6.54 Å². The van der Waals surface area contributed by atoms with Gasteiger partial charge in [-0.2, -0.15) is 0 Å². The highest BCUT2D eigenvalue weighted by Gasteiger charge is 2.10. The highest BCUT2D eigenvalue weighted by Crippen LogP contribution is 2.25. The fraction of sp³-hybridized carbons (Fsp3) is 0.500. The Kier molecular flexibility index (Phi) is 7.46. The van der Waals surface area contributed by atoms with Crippen molar-refractivity contribution in [2.75, 3.05) is 47.1 Å². The molecule has 0 aliphatic carbocycles. The van der Waals surface area contributed by atoms with Crippen molar-refractivity contribution in [1.82, 2.24) is 4.90 Å². The molecular weight excluding hydrogens is 262 g/mol. The first-order valence-corrected chi connectivity index (χ1v) is 6.36. The number of aliphatic carboxylic acids is 1. The normalized spacial score (nSPS) is 10.6. The van der Waals surface area contributed by atoms with Gasteiger partial charge >= 0.3 is 5.97 Å². The lowest BCUT2D eigenvalue weighted by Crippen LogP contribution is -2.35. The van der Waals surface area contributed by atoms with Crippen LogP contribution in [0.25, 0.3) is 0 Å². The van der Waals surface area contributed by atoms with Gasteiger partial charge in [0.05, 0.1) is 20.3 Å². The molecule has 0 aliphatic heterocycles. The maximum atomic E-state index is 10.8. The number of benzene rings is 1. The number of carboxylic acid groups (broad SMARTS) is 1. The standard InChI is InChI=1S/C14H21NO5/c1-18-9-7-15(11-14(16)17)8-10-20-13-6-4-3-5-12(13)19-2/h3-6H,7-11H2,1-2H3,(H,16,17). The van der Waals surface area contributed by atoms with Crippen molar-refractivity contribution in [1.29, 1.82) is 0 Å². The Labute approximate surface area is 118 Å². The number of hydrogen-bond acceptors (Lipinski definition) is 5. The molecule has 0 spiro atoms. The van der Waals surface area contributed by atoms with Gasteiger partial charge in [0, 0.05) is 20.2 Å². The number of ether oxygens (including phenoxy) is 3. The second kappa shape index (κ2) is 9.17. The van der Waals surface area contributed by atoms with Gasteiger partial charge in [0.2, 0.25) is 0 Å². The molecule has 1 N–H and O–H groups in total. The van der Waals surface area contributed by atoms with Gasteiger partial charge in [-0.1, -0.05) is 12.1 Å². The van der Waals surface area contributed by atoms with Gasteiger partial charge in [0.1, 0.15) is 6.61 Å². The van der Waals surface area contributed by atoms with Crippen LogP contribution in [0.1, 0.15) is 0 Å². The maximum Gasteiger partial charge on any atom is 0.317 e. The zero-order chi connectivity index (χ0) is 14.8. The van der Waals surface area contributed by atoms with E-state index in [1.807, 2.05) is 24.3 Å². The zero-order valence-corrected chi connectivity index (χ0v) is 11.9. The van der Waals surface area contributed by atoms with Crippen LogP contribution in [0, 0.1) is 0 Å². The van der Waals surface area contributed by atoms with Gasteiger partial charge in [0.15, 0.2) is 11.5 Å². The van der Waals surface area contributed by atoms with Crippen LogP contribution in [0.2, 0.25) is 0 Å². The van der Waals surface area contributed by atoms with E-state index < -0.39 is 5.97 Å². The fourth-order valence-electron chi connectivity index (χ4n) is 1.70. The minimum absolute atomic E-state index is 0.0291. The van der Waals surface area contributed by atoms with Crippen molar-refractivity contribution in [2.45, 2.75) is 0 Å². The number of methoxy groups -OCH3 is 2. The fourth-order valence-corrected chi connectivity index (χ4v) is 1.70. The van der Waals surface area contributed by atoms with Crippen LogP contribution in [0.3, 0.4) is 0 Å². The molecule has 0 heterocycles. The highest BCUT2D eigenvalue weighted by atomic mass is 16.5. The van der Waals surface area contributed by atoms with Crippen molar-refractivity contribution in [2.24, 2.45) is 0 Å². The molecule has 0 saturated carbocycles. The zero-order valence-electron chi connectivity index (χ0n) is 11.9. The van der Waals surface area contributed by atoms with Gasteiger partial charge in [-0.25, -0.2) is 0 Å². The first-order valence-electron chi connectivity index (χ1n) is 6.36. The summed E-state index contributed by atoms with van der Waals surface area (Å²) in [5.74, 6) is 0.449. The molecule has 0 bridgehead atoms. The van der Waals surface area contributed by atoms with E-state index in [0.29, 0.717) is 37.8 Å². The van der Waals surface area contributed by atoms with Crippen molar-refractivity contribution in [3.8, 4) is 11.5 Å². The number of hydrogen-bond donors (Lipinski definition) is 1. The minimum atomic E-state index is -0.863. The molecule has 0 radical (unpaired) electrons. The Morgan fingerprint density at radius 1 is 1.15 bits per heavy atom. The lowest BCUT2D eigenvalue weighted by molar-refractivity contribution is -0.138. The summed E-state index contributed by atoms with van der Waals surface area (Å²) < 4.78 is 15.8. The Bertz CT molecular complexity index is 410. The first kappa shape index (κ1) is 16.3. The summed E-state index contributed by atoms with van der Waals surface area (Å²) in [6.45, 7) is 1.91. The van der Waals surface area contributed by atoms with Crippen molar-refractivity contribution in [3.05, 3.63) is 24.3 Å². The Morgan fingerprint density at radius 3 is 2.40 bits per heavy atom. The number of carboxylic acids is 1. The van der Waals surface area contributed by atoms with Crippen LogP contribution >= 0.6 is 0 Å². The predicted molar refractivity (Wildman–Crippen MR) is 74.4 cm³/mol. The summed E-state index contributed by atoms with van der Waals surface area (Å²) in [7, 11) is 3.17.